The molecule has 0 aliphatic rings. The molecule has 1 aromatic heterocycles. The van der Waals surface area contributed by atoms with Crippen LogP contribution in [0.15, 0.2) is 53.8 Å². The zero-order valence-corrected chi connectivity index (χ0v) is 18.6. The number of halogens is 1. The third-order valence-electron chi connectivity index (χ3n) is 4.31. The summed E-state index contributed by atoms with van der Waals surface area (Å²) in [5.74, 6) is -0.148. The van der Waals surface area contributed by atoms with E-state index in [2.05, 4.69) is 15.3 Å². The summed E-state index contributed by atoms with van der Waals surface area (Å²) in [6.07, 6.45) is 1.09. The highest BCUT2D eigenvalue weighted by Gasteiger charge is 2.23. The van der Waals surface area contributed by atoms with Crippen molar-refractivity contribution < 1.29 is 22.7 Å². The van der Waals surface area contributed by atoms with Gasteiger partial charge in [-0.3, -0.25) is 4.79 Å². The second-order valence-electron chi connectivity index (χ2n) is 6.62. The smallest absolute Gasteiger partial charge is 0.276 e. The number of nitrogens with zero attached hydrogens (tertiary/aromatic N) is 2. The van der Waals surface area contributed by atoms with Crippen LogP contribution in [0.5, 0.6) is 11.5 Å². The molecule has 3 rings (SSSR count). The number of aryl methyl sites for hydroxylation is 1. The molecule has 0 aliphatic heterocycles. The van der Waals surface area contributed by atoms with Gasteiger partial charge in [0, 0.05) is 6.07 Å². The summed E-state index contributed by atoms with van der Waals surface area (Å²) in [6, 6.07) is 11.9. The van der Waals surface area contributed by atoms with E-state index in [1.165, 1.54) is 14.2 Å². The van der Waals surface area contributed by atoms with Crippen LogP contribution in [0.25, 0.3) is 0 Å². The summed E-state index contributed by atoms with van der Waals surface area (Å²) < 4.78 is 36.0. The van der Waals surface area contributed by atoms with Gasteiger partial charge in [0.05, 0.1) is 36.9 Å². The minimum absolute atomic E-state index is 0.0890. The molecule has 8 nitrogen and oxygen atoms in total. The van der Waals surface area contributed by atoms with Gasteiger partial charge in [-0.1, -0.05) is 41.4 Å². The summed E-state index contributed by atoms with van der Waals surface area (Å²) in [7, 11) is -0.969. The van der Waals surface area contributed by atoms with Crippen LogP contribution < -0.4 is 14.8 Å². The van der Waals surface area contributed by atoms with E-state index in [1.807, 2.05) is 13.0 Å². The number of hydrogen-bond donors (Lipinski definition) is 1. The van der Waals surface area contributed by atoms with Crippen molar-refractivity contribution in [3.63, 3.8) is 0 Å². The number of rotatable bonds is 7. The first kappa shape index (κ1) is 22.5. The quantitative estimate of drug-likeness (QED) is 0.534. The lowest BCUT2D eigenvalue weighted by Crippen LogP contribution is -2.18. The number of carbonyl (C=O) groups is 1. The van der Waals surface area contributed by atoms with Crippen LogP contribution in [0, 0.1) is 6.92 Å². The van der Waals surface area contributed by atoms with Crippen LogP contribution >= 0.6 is 11.6 Å². The van der Waals surface area contributed by atoms with Crippen LogP contribution in [-0.2, 0) is 15.6 Å². The van der Waals surface area contributed by atoms with Gasteiger partial charge in [-0.2, -0.15) is 0 Å². The van der Waals surface area contributed by atoms with Gasteiger partial charge in [-0.25, -0.2) is 18.4 Å². The first-order valence-electron chi connectivity index (χ1n) is 9.07. The molecule has 10 heteroatoms. The zero-order valence-electron chi connectivity index (χ0n) is 17.0. The summed E-state index contributed by atoms with van der Waals surface area (Å²) in [4.78, 5) is 20.6. The van der Waals surface area contributed by atoms with Gasteiger partial charge in [0.25, 0.3) is 5.91 Å². The highest BCUT2D eigenvalue weighted by molar-refractivity contribution is 7.90. The second kappa shape index (κ2) is 9.32. The first-order chi connectivity index (χ1) is 14.7. The van der Waals surface area contributed by atoms with E-state index in [1.54, 1.807) is 36.4 Å². The molecule has 0 bridgehead atoms. The highest BCUT2D eigenvalue weighted by Crippen LogP contribution is 2.30. The Balaban J connectivity index is 1.91. The SMILES string of the molecule is COc1ccc(OC)c(NC(=O)c2nc(S(=O)(=O)Cc3cccc(C)c3)ncc2Cl)c1. The number of sulfone groups is 1. The standard InChI is InChI=1S/C21H20ClN3O5S/c1-13-5-4-6-14(9-13)12-31(27,28)21-23-11-16(22)19(25-21)20(26)24-17-10-15(29-2)7-8-18(17)30-3/h4-11H,12H2,1-3H3,(H,24,26). The Morgan fingerprint density at radius 2 is 1.90 bits per heavy atom. The monoisotopic (exact) mass is 461 g/mol. The van der Waals surface area contributed by atoms with Gasteiger partial charge in [0.15, 0.2) is 5.69 Å². The molecule has 0 saturated heterocycles. The Morgan fingerprint density at radius 1 is 1.13 bits per heavy atom. The molecule has 3 aromatic rings. The van der Waals surface area contributed by atoms with Gasteiger partial charge >= 0.3 is 0 Å². The molecule has 31 heavy (non-hydrogen) atoms. The number of methoxy groups -OCH3 is 2. The molecule has 0 radical (unpaired) electrons. The van der Waals surface area contributed by atoms with Gasteiger partial charge in [-0.05, 0) is 24.6 Å². The van der Waals surface area contributed by atoms with Crippen molar-refractivity contribution in [2.24, 2.45) is 0 Å². The number of carbonyl (C=O) groups excluding carboxylic acids is 1. The van der Waals surface area contributed by atoms with E-state index in [-0.39, 0.29) is 16.5 Å². The number of ether oxygens (including phenoxy) is 2. The average Bonchev–Trinajstić information content (AvgIpc) is 2.73. The molecule has 0 aliphatic carbocycles. The maximum Gasteiger partial charge on any atom is 0.276 e. The normalized spacial score (nSPS) is 11.1. The van der Waals surface area contributed by atoms with Crippen molar-refractivity contribution in [3.8, 4) is 11.5 Å². The molecule has 0 spiro atoms. The minimum Gasteiger partial charge on any atom is -0.497 e. The Labute approximate surface area is 185 Å². The van der Waals surface area contributed by atoms with E-state index in [4.69, 9.17) is 21.1 Å². The van der Waals surface area contributed by atoms with Crippen molar-refractivity contribution >= 4 is 33.0 Å². The van der Waals surface area contributed by atoms with Gasteiger partial charge in [0.2, 0.25) is 15.0 Å². The Kier molecular flexibility index (Phi) is 6.77. The van der Waals surface area contributed by atoms with E-state index in [9.17, 15) is 13.2 Å². The average molecular weight is 462 g/mol. The van der Waals surface area contributed by atoms with E-state index < -0.39 is 20.9 Å². The molecular formula is C21H20ClN3O5S. The third kappa shape index (κ3) is 5.31. The van der Waals surface area contributed by atoms with E-state index in [0.717, 1.165) is 11.8 Å². The maximum atomic E-state index is 12.8. The molecule has 0 atom stereocenters. The van der Waals surface area contributed by atoms with Crippen molar-refractivity contribution in [1.29, 1.82) is 0 Å². The first-order valence-corrected chi connectivity index (χ1v) is 11.1. The number of aromatic nitrogens is 2. The van der Waals surface area contributed by atoms with Crippen LogP contribution in [0.4, 0.5) is 5.69 Å². The summed E-state index contributed by atoms with van der Waals surface area (Å²) in [6.45, 7) is 1.87. The maximum absolute atomic E-state index is 12.8. The summed E-state index contributed by atoms with van der Waals surface area (Å²) in [5.41, 5.74) is 1.55. The lowest BCUT2D eigenvalue weighted by molar-refractivity contribution is 0.102. The van der Waals surface area contributed by atoms with Crippen LogP contribution in [-0.4, -0.2) is 38.5 Å². The molecule has 1 amide bonds. The van der Waals surface area contributed by atoms with Crippen molar-refractivity contribution in [3.05, 3.63) is 70.5 Å². The molecular weight excluding hydrogens is 442 g/mol. The number of hydrogen-bond acceptors (Lipinski definition) is 7. The number of benzene rings is 2. The lowest BCUT2D eigenvalue weighted by Gasteiger charge is -2.12. The van der Waals surface area contributed by atoms with Crippen LogP contribution in [0.2, 0.25) is 5.02 Å². The Hall–Kier alpha value is -3.17. The fourth-order valence-electron chi connectivity index (χ4n) is 2.84. The second-order valence-corrected chi connectivity index (χ2v) is 8.91. The zero-order chi connectivity index (χ0) is 22.6. The number of amides is 1. The predicted octanol–water partition coefficient (Wildman–Crippen LogP) is 3.68. The van der Waals surface area contributed by atoms with Crippen LogP contribution in [0.3, 0.4) is 0 Å². The fraction of sp³-hybridized carbons (Fsp3) is 0.190. The van der Waals surface area contributed by atoms with Gasteiger partial charge < -0.3 is 14.8 Å². The van der Waals surface area contributed by atoms with Gasteiger partial charge in [-0.15, -0.1) is 0 Å². The molecule has 0 unspecified atom stereocenters. The molecule has 2 aromatic carbocycles. The van der Waals surface area contributed by atoms with Crippen molar-refractivity contribution in [2.75, 3.05) is 19.5 Å². The number of nitrogens with one attached hydrogen (secondary N) is 1. The highest BCUT2D eigenvalue weighted by atomic mass is 35.5. The number of anilines is 1. The molecule has 1 N–H and O–H groups in total. The van der Waals surface area contributed by atoms with E-state index in [0.29, 0.717) is 22.7 Å². The van der Waals surface area contributed by atoms with Gasteiger partial charge in [0.1, 0.15) is 11.5 Å². The summed E-state index contributed by atoms with van der Waals surface area (Å²) >= 11 is 6.08. The predicted molar refractivity (Wildman–Crippen MR) is 117 cm³/mol. The minimum atomic E-state index is -3.90. The van der Waals surface area contributed by atoms with Crippen LogP contribution in [0.1, 0.15) is 21.6 Å². The van der Waals surface area contributed by atoms with E-state index >= 15 is 0 Å². The third-order valence-corrected chi connectivity index (χ3v) is 6.05. The topological polar surface area (TPSA) is 107 Å². The molecule has 162 valence electrons. The lowest BCUT2D eigenvalue weighted by atomic mass is 10.2. The Bertz CT molecular complexity index is 1230. The Morgan fingerprint density at radius 3 is 2.58 bits per heavy atom. The van der Waals surface area contributed by atoms with Crippen molar-refractivity contribution in [2.45, 2.75) is 17.8 Å². The summed E-state index contributed by atoms with van der Waals surface area (Å²) in [5, 5.41) is 2.04. The molecule has 0 saturated carbocycles. The molecule has 0 fully saturated rings. The molecule has 1 heterocycles. The van der Waals surface area contributed by atoms with Crippen molar-refractivity contribution in [1.82, 2.24) is 9.97 Å². The largest absolute Gasteiger partial charge is 0.497 e. The fourth-order valence-corrected chi connectivity index (χ4v) is 4.21.